The fourth-order valence-corrected chi connectivity index (χ4v) is 0.632. The molecule has 0 atom stereocenters. The van der Waals surface area contributed by atoms with E-state index in [0.29, 0.717) is 0 Å². The Morgan fingerprint density at radius 2 is 2.00 bits per heavy atom. The second-order valence-electron chi connectivity index (χ2n) is 1.58. The van der Waals surface area contributed by atoms with E-state index in [9.17, 15) is 0 Å². The summed E-state index contributed by atoms with van der Waals surface area (Å²) < 4.78 is 1.21. The van der Waals surface area contributed by atoms with Crippen LogP contribution in [0.5, 0.6) is 0 Å². The molecule has 0 amide bonds. The van der Waals surface area contributed by atoms with Crippen molar-refractivity contribution in [1.82, 2.24) is 4.47 Å². The van der Waals surface area contributed by atoms with Gasteiger partial charge < -0.3 is 5.21 Å². The van der Waals surface area contributed by atoms with Crippen molar-refractivity contribution in [3.8, 4) is 0 Å². The maximum absolute atomic E-state index is 8.73. The van der Waals surface area contributed by atoms with Gasteiger partial charge in [-0.05, 0) is 20.1 Å². The summed E-state index contributed by atoms with van der Waals surface area (Å²) in [5, 5.41) is 8.73. The summed E-state index contributed by atoms with van der Waals surface area (Å²) in [4.78, 5) is 0. The number of hydrogen-bond acceptors (Lipinski definition) is 3. The SMILES string of the molecule is CSN(O)C(C)C. The third-order valence-electron chi connectivity index (χ3n) is 0.629. The lowest BCUT2D eigenvalue weighted by Crippen LogP contribution is -2.18. The van der Waals surface area contributed by atoms with Crippen molar-refractivity contribution < 1.29 is 5.21 Å². The van der Waals surface area contributed by atoms with E-state index in [0.717, 1.165) is 0 Å². The Balaban J connectivity index is 3.14. The molecule has 0 unspecified atom stereocenters. The number of rotatable bonds is 2. The lowest BCUT2D eigenvalue weighted by Gasteiger charge is -2.13. The Bertz CT molecular complexity index is 49.0. The highest BCUT2D eigenvalue weighted by molar-refractivity contribution is 7.96. The van der Waals surface area contributed by atoms with Crippen LogP contribution in [-0.2, 0) is 0 Å². The lowest BCUT2D eigenvalue weighted by molar-refractivity contribution is -0.0104. The average molecular weight is 121 g/mol. The van der Waals surface area contributed by atoms with Gasteiger partial charge >= 0.3 is 0 Å². The van der Waals surface area contributed by atoms with Crippen LogP contribution in [0.15, 0.2) is 0 Å². The first kappa shape index (κ1) is 7.27. The highest BCUT2D eigenvalue weighted by atomic mass is 32.2. The first-order chi connectivity index (χ1) is 3.18. The summed E-state index contributed by atoms with van der Waals surface area (Å²) in [6.45, 7) is 3.85. The molecule has 0 radical (unpaired) electrons. The standard InChI is InChI=1S/C4H11NOS/c1-4(2)5(6)7-3/h4,6H,1-3H3. The Morgan fingerprint density at radius 1 is 1.57 bits per heavy atom. The fraction of sp³-hybridized carbons (Fsp3) is 1.00. The van der Waals surface area contributed by atoms with Crippen LogP contribution in [0.3, 0.4) is 0 Å². The minimum absolute atomic E-state index is 0.218. The van der Waals surface area contributed by atoms with Crippen molar-refractivity contribution >= 4 is 11.9 Å². The zero-order chi connectivity index (χ0) is 5.86. The molecule has 2 nitrogen and oxygen atoms in total. The summed E-state index contributed by atoms with van der Waals surface area (Å²) in [5.74, 6) is 0. The largest absolute Gasteiger partial charge is 0.303 e. The molecule has 0 heterocycles. The zero-order valence-corrected chi connectivity index (χ0v) is 5.70. The first-order valence-corrected chi connectivity index (χ1v) is 3.39. The molecule has 3 heteroatoms. The van der Waals surface area contributed by atoms with Gasteiger partial charge in [-0.3, -0.25) is 0 Å². The van der Waals surface area contributed by atoms with Crippen LogP contribution in [-0.4, -0.2) is 22.0 Å². The van der Waals surface area contributed by atoms with Crippen molar-refractivity contribution in [2.45, 2.75) is 19.9 Å². The lowest BCUT2D eigenvalue weighted by atomic mass is 10.4. The number of hydroxylamine groups is 1. The first-order valence-electron chi connectivity index (χ1n) is 2.20. The van der Waals surface area contributed by atoms with E-state index >= 15 is 0 Å². The predicted molar refractivity (Wildman–Crippen MR) is 32.3 cm³/mol. The van der Waals surface area contributed by atoms with E-state index in [1.807, 2.05) is 20.1 Å². The molecule has 0 saturated heterocycles. The van der Waals surface area contributed by atoms with Gasteiger partial charge in [0, 0.05) is 6.04 Å². The van der Waals surface area contributed by atoms with Gasteiger partial charge in [-0.2, -0.15) is 0 Å². The molecule has 0 aliphatic heterocycles. The molecule has 7 heavy (non-hydrogen) atoms. The molecule has 0 spiro atoms. The van der Waals surface area contributed by atoms with Crippen LogP contribution in [0, 0.1) is 0 Å². The molecule has 0 fully saturated rings. The van der Waals surface area contributed by atoms with E-state index in [2.05, 4.69) is 0 Å². The zero-order valence-electron chi connectivity index (χ0n) is 4.88. The minimum Gasteiger partial charge on any atom is -0.303 e. The molecule has 0 aliphatic rings. The summed E-state index contributed by atoms with van der Waals surface area (Å²) in [6, 6.07) is 0.218. The van der Waals surface area contributed by atoms with E-state index in [4.69, 9.17) is 5.21 Å². The van der Waals surface area contributed by atoms with Crippen LogP contribution in [0.4, 0.5) is 0 Å². The molecule has 1 N–H and O–H groups in total. The molecule has 0 aromatic rings. The van der Waals surface area contributed by atoms with Crippen LogP contribution in [0.25, 0.3) is 0 Å². The number of hydrogen-bond donors (Lipinski definition) is 1. The summed E-state index contributed by atoms with van der Waals surface area (Å²) in [7, 11) is 0. The third-order valence-corrected chi connectivity index (χ3v) is 1.42. The van der Waals surface area contributed by atoms with E-state index in [1.165, 1.54) is 16.4 Å². The van der Waals surface area contributed by atoms with E-state index in [-0.39, 0.29) is 6.04 Å². The highest BCUT2D eigenvalue weighted by Crippen LogP contribution is 2.03. The van der Waals surface area contributed by atoms with Gasteiger partial charge in [0.25, 0.3) is 0 Å². The molecular formula is C4H11NOS. The molecule has 0 aromatic heterocycles. The Kier molecular flexibility index (Phi) is 3.42. The second-order valence-corrected chi connectivity index (χ2v) is 2.32. The van der Waals surface area contributed by atoms with Gasteiger partial charge in [-0.1, -0.05) is 11.9 Å². The fourth-order valence-electron chi connectivity index (χ4n) is 0.211. The monoisotopic (exact) mass is 121 g/mol. The van der Waals surface area contributed by atoms with Crippen LogP contribution in [0.2, 0.25) is 0 Å². The van der Waals surface area contributed by atoms with Gasteiger partial charge in [-0.15, -0.1) is 4.47 Å². The van der Waals surface area contributed by atoms with Crippen LogP contribution >= 0.6 is 11.9 Å². The number of nitrogens with zero attached hydrogens (tertiary/aromatic N) is 1. The average Bonchev–Trinajstić information content (AvgIpc) is 1.65. The Labute approximate surface area is 48.6 Å². The van der Waals surface area contributed by atoms with Gasteiger partial charge in [0.1, 0.15) is 0 Å². The molecule has 0 aromatic carbocycles. The molecule has 0 saturated carbocycles. The highest BCUT2D eigenvalue weighted by Gasteiger charge is 1.99. The molecular weight excluding hydrogens is 110 g/mol. The summed E-state index contributed by atoms with van der Waals surface area (Å²) >= 11 is 1.32. The third kappa shape index (κ3) is 2.91. The Morgan fingerprint density at radius 3 is 2.00 bits per heavy atom. The topological polar surface area (TPSA) is 23.5 Å². The molecule has 0 aliphatic carbocycles. The van der Waals surface area contributed by atoms with Gasteiger partial charge in [0.05, 0.1) is 0 Å². The smallest absolute Gasteiger partial charge is 0.0409 e. The Hall–Kier alpha value is 0.270. The molecule has 0 bridgehead atoms. The normalized spacial score (nSPS) is 11.1. The van der Waals surface area contributed by atoms with Crippen molar-refractivity contribution in [3.63, 3.8) is 0 Å². The maximum atomic E-state index is 8.73. The minimum atomic E-state index is 0.218. The second kappa shape index (κ2) is 3.29. The molecule has 0 rings (SSSR count). The van der Waals surface area contributed by atoms with Gasteiger partial charge in [0.2, 0.25) is 0 Å². The van der Waals surface area contributed by atoms with E-state index in [1.54, 1.807) is 0 Å². The summed E-state index contributed by atoms with van der Waals surface area (Å²) in [5.41, 5.74) is 0. The van der Waals surface area contributed by atoms with E-state index < -0.39 is 0 Å². The van der Waals surface area contributed by atoms with Crippen LogP contribution < -0.4 is 0 Å². The van der Waals surface area contributed by atoms with Gasteiger partial charge in [-0.25, -0.2) is 0 Å². The molecule has 44 valence electrons. The quantitative estimate of drug-likeness (QED) is 0.441. The van der Waals surface area contributed by atoms with Crippen LogP contribution in [0.1, 0.15) is 13.8 Å². The van der Waals surface area contributed by atoms with Crippen molar-refractivity contribution in [2.75, 3.05) is 6.26 Å². The van der Waals surface area contributed by atoms with Crippen molar-refractivity contribution in [1.29, 1.82) is 0 Å². The summed E-state index contributed by atoms with van der Waals surface area (Å²) in [6.07, 6.45) is 1.83. The maximum Gasteiger partial charge on any atom is 0.0409 e. The predicted octanol–water partition coefficient (Wildman–Crippen LogP) is 1.36. The van der Waals surface area contributed by atoms with Crippen molar-refractivity contribution in [2.24, 2.45) is 0 Å². The van der Waals surface area contributed by atoms with Gasteiger partial charge in [0.15, 0.2) is 0 Å². The van der Waals surface area contributed by atoms with Crippen molar-refractivity contribution in [3.05, 3.63) is 0 Å².